The van der Waals surface area contributed by atoms with Crippen molar-refractivity contribution in [3.63, 3.8) is 0 Å². The standard InChI is InChI=1S/C24H24FN3O3/c1-3-31-21-11-9-17(13-19(21)25)28(16-6-4-5-7-16)23-22(24(29)30-2)18-10-8-15(14-26)12-20(18)27-23/h8-13,16,27H,3-7H2,1-2H3. The summed E-state index contributed by atoms with van der Waals surface area (Å²) >= 11 is 0. The number of fused-ring (bicyclic) bond motifs is 1. The van der Waals surface area contributed by atoms with Crippen molar-refractivity contribution >= 4 is 28.4 Å². The lowest BCUT2D eigenvalue weighted by atomic mass is 10.1. The number of nitriles is 1. The number of carbonyl (C=O) groups is 1. The topological polar surface area (TPSA) is 78.4 Å². The van der Waals surface area contributed by atoms with Crippen LogP contribution in [0.5, 0.6) is 5.75 Å². The number of ether oxygens (including phenoxy) is 2. The van der Waals surface area contributed by atoms with Crippen LogP contribution >= 0.6 is 0 Å². The molecule has 1 aromatic heterocycles. The second-order valence-electron chi connectivity index (χ2n) is 7.57. The van der Waals surface area contributed by atoms with Crippen molar-refractivity contribution in [3.8, 4) is 11.8 Å². The third kappa shape index (κ3) is 3.81. The van der Waals surface area contributed by atoms with Gasteiger partial charge in [0.25, 0.3) is 0 Å². The van der Waals surface area contributed by atoms with Crippen molar-refractivity contribution in [2.24, 2.45) is 0 Å². The first-order valence-electron chi connectivity index (χ1n) is 10.4. The molecular formula is C24H24FN3O3. The molecule has 4 rings (SSSR count). The fourth-order valence-electron chi connectivity index (χ4n) is 4.34. The molecule has 2 aromatic carbocycles. The van der Waals surface area contributed by atoms with Gasteiger partial charge in [-0.2, -0.15) is 5.26 Å². The average molecular weight is 421 g/mol. The Hall–Kier alpha value is -3.53. The van der Waals surface area contributed by atoms with Crippen LogP contribution in [0.15, 0.2) is 36.4 Å². The highest BCUT2D eigenvalue weighted by molar-refractivity contribution is 6.10. The number of methoxy groups -OCH3 is 1. The van der Waals surface area contributed by atoms with E-state index in [-0.39, 0.29) is 11.8 Å². The second-order valence-corrected chi connectivity index (χ2v) is 7.57. The van der Waals surface area contributed by atoms with Crippen molar-refractivity contribution in [3.05, 3.63) is 53.3 Å². The molecule has 0 bridgehead atoms. The molecular weight excluding hydrogens is 397 g/mol. The molecule has 0 saturated heterocycles. The molecule has 1 aliphatic carbocycles. The van der Waals surface area contributed by atoms with E-state index >= 15 is 0 Å². The van der Waals surface area contributed by atoms with Gasteiger partial charge in [-0.15, -0.1) is 0 Å². The summed E-state index contributed by atoms with van der Waals surface area (Å²) in [5, 5.41) is 9.93. The number of rotatable bonds is 6. The maximum absolute atomic E-state index is 14.7. The zero-order valence-corrected chi connectivity index (χ0v) is 17.6. The Labute approximate surface area is 180 Å². The number of benzene rings is 2. The fourth-order valence-corrected chi connectivity index (χ4v) is 4.34. The van der Waals surface area contributed by atoms with Gasteiger partial charge in [-0.1, -0.05) is 18.9 Å². The average Bonchev–Trinajstić information content (AvgIpc) is 3.43. The van der Waals surface area contributed by atoms with Crippen molar-refractivity contribution < 1.29 is 18.7 Å². The van der Waals surface area contributed by atoms with E-state index in [1.165, 1.54) is 13.2 Å². The highest BCUT2D eigenvalue weighted by Gasteiger charge is 2.31. The number of aromatic amines is 1. The number of H-pyrrole nitrogens is 1. The lowest BCUT2D eigenvalue weighted by Crippen LogP contribution is -2.30. The number of hydrogen-bond acceptors (Lipinski definition) is 5. The van der Waals surface area contributed by atoms with Crippen molar-refractivity contribution in [1.29, 1.82) is 5.26 Å². The highest BCUT2D eigenvalue weighted by Crippen LogP contribution is 2.40. The van der Waals surface area contributed by atoms with E-state index in [4.69, 9.17) is 9.47 Å². The van der Waals surface area contributed by atoms with Gasteiger partial charge in [0.2, 0.25) is 0 Å². The van der Waals surface area contributed by atoms with Gasteiger partial charge in [-0.3, -0.25) is 0 Å². The molecule has 1 heterocycles. The summed E-state index contributed by atoms with van der Waals surface area (Å²) in [7, 11) is 1.34. The molecule has 0 radical (unpaired) electrons. The normalized spacial score (nSPS) is 13.9. The summed E-state index contributed by atoms with van der Waals surface area (Å²) in [5.74, 6) is -0.196. The molecule has 160 valence electrons. The summed E-state index contributed by atoms with van der Waals surface area (Å²) < 4.78 is 25.2. The summed E-state index contributed by atoms with van der Waals surface area (Å²) in [4.78, 5) is 18.1. The Bertz CT molecular complexity index is 1160. The molecule has 3 aromatic rings. The van der Waals surface area contributed by atoms with Crippen molar-refractivity contribution in [2.45, 2.75) is 38.6 Å². The third-order valence-electron chi connectivity index (χ3n) is 5.72. The Morgan fingerprint density at radius 2 is 2.03 bits per heavy atom. The molecule has 1 saturated carbocycles. The van der Waals surface area contributed by atoms with Gasteiger partial charge in [-0.05, 0) is 44.0 Å². The van der Waals surface area contributed by atoms with Gasteiger partial charge in [0.1, 0.15) is 11.4 Å². The van der Waals surface area contributed by atoms with Crippen LogP contribution in [0.25, 0.3) is 10.9 Å². The van der Waals surface area contributed by atoms with Crippen LogP contribution in [0.1, 0.15) is 48.5 Å². The van der Waals surface area contributed by atoms with Crippen molar-refractivity contribution in [2.75, 3.05) is 18.6 Å². The highest BCUT2D eigenvalue weighted by atomic mass is 19.1. The Balaban J connectivity index is 1.92. The monoisotopic (exact) mass is 421 g/mol. The number of hydrogen-bond donors (Lipinski definition) is 1. The van der Waals surface area contributed by atoms with E-state index in [2.05, 4.69) is 11.1 Å². The minimum atomic E-state index is -0.486. The predicted octanol–water partition coefficient (Wildman–Crippen LogP) is 5.44. The molecule has 0 amide bonds. The molecule has 7 heteroatoms. The van der Waals surface area contributed by atoms with Crippen LogP contribution in [-0.4, -0.2) is 30.7 Å². The van der Waals surface area contributed by atoms with Gasteiger partial charge >= 0.3 is 5.97 Å². The first-order valence-corrected chi connectivity index (χ1v) is 10.4. The second kappa shape index (κ2) is 8.68. The maximum Gasteiger partial charge on any atom is 0.342 e. The summed E-state index contributed by atoms with van der Waals surface area (Å²) in [6.45, 7) is 2.18. The van der Waals surface area contributed by atoms with Crippen LogP contribution < -0.4 is 9.64 Å². The Morgan fingerprint density at radius 1 is 1.26 bits per heavy atom. The molecule has 0 spiro atoms. The first-order chi connectivity index (χ1) is 15.1. The smallest absolute Gasteiger partial charge is 0.342 e. The lowest BCUT2D eigenvalue weighted by Gasteiger charge is -2.31. The first kappa shape index (κ1) is 20.7. The number of esters is 1. The molecule has 0 unspecified atom stereocenters. The van der Waals surface area contributed by atoms with Gasteiger partial charge < -0.3 is 19.4 Å². The minimum Gasteiger partial charge on any atom is -0.491 e. The molecule has 0 atom stereocenters. The SMILES string of the molecule is CCOc1ccc(N(c2[nH]c3cc(C#N)ccc3c2C(=O)OC)C2CCCC2)cc1F. The van der Waals surface area contributed by atoms with Gasteiger partial charge in [0, 0.05) is 28.7 Å². The third-order valence-corrected chi connectivity index (χ3v) is 5.72. The van der Waals surface area contributed by atoms with E-state index in [0.717, 1.165) is 25.7 Å². The van der Waals surface area contributed by atoms with Gasteiger partial charge in [0.15, 0.2) is 11.6 Å². The molecule has 1 N–H and O–H groups in total. The maximum atomic E-state index is 14.7. The summed E-state index contributed by atoms with van der Waals surface area (Å²) in [5.41, 5.74) is 2.15. The van der Waals surface area contributed by atoms with Gasteiger partial charge in [-0.25, -0.2) is 9.18 Å². The zero-order chi connectivity index (χ0) is 22.0. The van der Waals surface area contributed by atoms with E-state index in [1.807, 2.05) is 4.90 Å². The quantitative estimate of drug-likeness (QED) is 0.536. The zero-order valence-electron chi connectivity index (χ0n) is 17.6. The summed E-state index contributed by atoms with van der Waals surface area (Å²) in [6, 6.07) is 12.2. The Morgan fingerprint density at radius 3 is 2.68 bits per heavy atom. The predicted molar refractivity (Wildman–Crippen MR) is 116 cm³/mol. The van der Waals surface area contributed by atoms with E-state index in [9.17, 15) is 14.4 Å². The molecule has 1 fully saturated rings. The van der Waals surface area contributed by atoms with E-state index < -0.39 is 11.8 Å². The van der Waals surface area contributed by atoms with Crippen LogP contribution in [-0.2, 0) is 4.74 Å². The molecule has 6 nitrogen and oxygen atoms in total. The minimum absolute atomic E-state index is 0.101. The van der Waals surface area contributed by atoms with Crippen LogP contribution in [0.3, 0.4) is 0 Å². The number of nitrogens with zero attached hydrogens (tertiary/aromatic N) is 2. The van der Waals surface area contributed by atoms with Crippen molar-refractivity contribution in [1.82, 2.24) is 4.98 Å². The van der Waals surface area contributed by atoms with Crippen LogP contribution in [0.2, 0.25) is 0 Å². The fraction of sp³-hybridized carbons (Fsp3) is 0.333. The number of nitrogens with one attached hydrogen (secondary N) is 1. The number of anilines is 2. The summed E-state index contributed by atoms with van der Waals surface area (Å²) in [6.07, 6.45) is 3.97. The molecule has 1 aliphatic rings. The van der Waals surface area contributed by atoms with Crippen LogP contribution in [0.4, 0.5) is 15.9 Å². The largest absolute Gasteiger partial charge is 0.491 e. The molecule has 0 aliphatic heterocycles. The number of carbonyl (C=O) groups excluding carboxylic acids is 1. The molecule has 31 heavy (non-hydrogen) atoms. The lowest BCUT2D eigenvalue weighted by molar-refractivity contribution is 0.0604. The van der Waals surface area contributed by atoms with Gasteiger partial charge in [0.05, 0.1) is 25.3 Å². The Kier molecular flexibility index (Phi) is 5.81. The van der Waals surface area contributed by atoms with E-state index in [1.54, 1.807) is 37.3 Å². The number of halogens is 1. The number of aromatic nitrogens is 1. The van der Waals surface area contributed by atoms with Crippen LogP contribution in [0, 0.1) is 17.1 Å². The van der Waals surface area contributed by atoms with E-state index in [0.29, 0.717) is 40.1 Å².